The van der Waals surface area contributed by atoms with Crippen molar-refractivity contribution in [1.82, 2.24) is 4.72 Å². The van der Waals surface area contributed by atoms with E-state index in [4.69, 9.17) is 5.73 Å². The Kier molecular flexibility index (Phi) is 7.15. The quantitative estimate of drug-likeness (QED) is 0.697. The molecule has 20 heavy (non-hydrogen) atoms. The van der Waals surface area contributed by atoms with Gasteiger partial charge in [0, 0.05) is 17.1 Å². The normalized spacial score (nSPS) is 13.4. The molecule has 0 aromatic heterocycles. The lowest BCUT2D eigenvalue weighted by Crippen LogP contribution is -2.32. The van der Waals surface area contributed by atoms with Gasteiger partial charge in [0.2, 0.25) is 10.0 Å². The van der Waals surface area contributed by atoms with Crippen molar-refractivity contribution in [3.8, 4) is 0 Å². The van der Waals surface area contributed by atoms with Gasteiger partial charge in [-0.3, -0.25) is 0 Å². The third-order valence-electron chi connectivity index (χ3n) is 3.12. The van der Waals surface area contributed by atoms with E-state index in [9.17, 15) is 8.42 Å². The van der Waals surface area contributed by atoms with Gasteiger partial charge in [0.25, 0.3) is 0 Å². The lowest BCUT2D eigenvalue weighted by Gasteiger charge is -2.15. The van der Waals surface area contributed by atoms with Gasteiger partial charge in [0.1, 0.15) is 0 Å². The minimum Gasteiger partial charge on any atom is -0.326 e. The maximum atomic E-state index is 12.4. The van der Waals surface area contributed by atoms with Crippen molar-refractivity contribution in [3.63, 3.8) is 0 Å². The molecule has 3 N–H and O–H groups in total. The second kappa shape index (κ2) is 8.12. The zero-order chi connectivity index (χ0) is 15.2. The van der Waals surface area contributed by atoms with E-state index in [1.807, 2.05) is 13.0 Å². The molecule has 0 heterocycles. The first kappa shape index (κ1) is 17.6. The number of unbranched alkanes of at least 4 members (excludes halogenated alkanes) is 2. The zero-order valence-electron chi connectivity index (χ0n) is 12.0. The number of sulfonamides is 1. The summed E-state index contributed by atoms with van der Waals surface area (Å²) in [5.41, 5.74) is 6.36. The highest BCUT2D eigenvalue weighted by Crippen LogP contribution is 2.23. The lowest BCUT2D eigenvalue weighted by atomic mass is 10.1. The molecule has 1 atom stereocenters. The van der Waals surface area contributed by atoms with E-state index in [2.05, 4.69) is 27.6 Å². The second-order valence-corrected chi connectivity index (χ2v) is 7.52. The Balaban J connectivity index is 2.83. The Bertz CT molecular complexity index is 532. The average Bonchev–Trinajstić information content (AvgIpc) is 2.38. The van der Waals surface area contributed by atoms with E-state index in [-0.39, 0.29) is 10.9 Å². The summed E-state index contributed by atoms with van der Waals surface area (Å²) in [5, 5.41) is 0. The Morgan fingerprint density at radius 1 is 1.35 bits per heavy atom. The van der Waals surface area contributed by atoms with E-state index in [0.717, 1.165) is 31.2 Å². The zero-order valence-corrected chi connectivity index (χ0v) is 14.4. The van der Waals surface area contributed by atoms with Gasteiger partial charge in [-0.1, -0.05) is 32.3 Å². The maximum absolute atomic E-state index is 12.4. The predicted octanol–water partition coefficient (Wildman–Crippen LogP) is 3.15. The molecule has 0 radical (unpaired) electrons. The van der Waals surface area contributed by atoms with E-state index in [1.54, 1.807) is 12.1 Å². The summed E-state index contributed by atoms with van der Waals surface area (Å²) in [7, 11) is -3.51. The van der Waals surface area contributed by atoms with Crippen LogP contribution in [-0.2, 0) is 16.6 Å². The molecule has 0 spiro atoms. The Morgan fingerprint density at radius 3 is 2.65 bits per heavy atom. The second-order valence-electron chi connectivity index (χ2n) is 4.99. The molecule has 0 aliphatic carbocycles. The molecule has 0 saturated carbocycles. The van der Waals surface area contributed by atoms with E-state index in [1.165, 1.54) is 0 Å². The summed E-state index contributed by atoms with van der Waals surface area (Å²) in [6.07, 6.45) is 4.13. The van der Waals surface area contributed by atoms with Crippen LogP contribution in [0.3, 0.4) is 0 Å². The van der Waals surface area contributed by atoms with E-state index in [0.29, 0.717) is 11.0 Å². The highest BCUT2D eigenvalue weighted by Gasteiger charge is 2.20. The van der Waals surface area contributed by atoms with Crippen LogP contribution in [0.15, 0.2) is 27.6 Å². The van der Waals surface area contributed by atoms with Crippen molar-refractivity contribution in [3.05, 3.63) is 28.2 Å². The standard InChI is InChI=1S/C14H23BrN2O2S/c1-3-4-5-6-11(2)17-20(18,19)14-9-12(10-16)7-8-13(14)15/h7-9,11,17H,3-6,10,16H2,1-2H3. The first-order valence-electron chi connectivity index (χ1n) is 6.91. The molecule has 1 aromatic rings. The van der Waals surface area contributed by atoms with Gasteiger partial charge < -0.3 is 5.73 Å². The van der Waals surface area contributed by atoms with Crippen LogP contribution in [0.25, 0.3) is 0 Å². The van der Waals surface area contributed by atoms with Crippen molar-refractivity contribution >= 4 is 26.0 Å². The summed E-state index contributed by atoms with van der Waals surface area (Å²) in [6, 6.07) is 5.08. The highest BCUT2D eigenvalue weighted by molar-refractivity contribution is 9.10. The van der Waals surface area contributed by atoms with E-state index < -0.39 is 10.0 Å². The van der Waals surface area contributed by atoms with Crippen LogP contribution in [0.2, 0.25) is 0 Å². The number of hydrogen-bond donors (Lipinski definition) is 2. The average molecular weight is 363 g/mol. The van der Waals surface area contributed by atoms with Crippen molar-refractivity contribution < 1.29 is 8.42 Å². The molecule has 0 bridgehead atoms. The van der Waals surface area contributed by atoms with E-state index >= 15 is 0 Å². The molecule has 6 heteroatoms. The summed E-state index contributed by atoms with van der Waals surface area (Å²) in [4.78, 5) is 0.253. The monoisotopic (exact) mass is 362 g/mol. The molecule has 114 valence electrons. The summed E-state index contributed by atoms with van der Waals surface area (Å²) < 4.78 is 28.0. The van der Waals surface area contributed by atoms with Crippen LogP contribution in [0, 0.1) is 0 Å². The topological polar surface area (TPSA) is 72.2 Å². The van der Waals surface area contributed by atoms with Crippen LogP contribution in [0.5, 0.6) is 0 Å². The number of benzene rings is 1. The Labute approximate surface area is 130 Å². The van der Waals surface area contributed by atoms with Crippen LogP contribution < -0.4 is 10.5 Å². The summed E-state index contributed by atoms with van der Waals surface area (Å²) in [6.45, 7) is 4.35. The van der Waals surface area contributed by atoms with Gasteiger partial charge in [-0.2, -0.15) is 0 Å². The number of hydrogen-bond acceptors (Lipinski definition) is 3. The largest absolute Gasteiger partial charge is 0.326 e. The minimum atomic E-state index is -3.51. The third-order valence-corrected chi connectivity index (χ3v) is 5.70. The predicted molar refractivity (Wildman–Crippen MR) is 86.0 cm³/mol. The van der Waals surface area contributed by atoms with Gasteiger partial charge in [-0.25, -0.2) is 13.1 Å². The third kappa shape index (κ3) is 5.16. The molecule has 1 rings (SSSR count). The van der Waals surface area contributed by atoms with Gasteiger partial charge in [0.05, 0.1) is 4.90 Å². The van der Waals surface area contributed by atoms with Crippen LogP contribution in [-0.4, -0.2) is 14.5 Å². The molecule has 0 aliphatic heterocycles. The molecular weight excluding hydrogens is 340 g/mol. The van der Waals surface area contributed by atoms with Gasteiger partial charge in [0.15, 0.2) is 0 Å². The molecule has 0 amide bonds. The highest BCUT2D eigenvalue weighted by atomic mass is 79.9. The van der Waals surface area contributed by atoms with Crippen molar-refractivity contribution in [2.45, 2.75) is 57.0 Å². The number of halogens is 1. The number of nitrogens with one attached hydrogen (secondary N) is 1. The SMILES string of the molecule is CCCCCC(C)NS(=O)(=O)c1cc(CN)ccc1Br. The fourth-order valence-electron chi connectivity index (χ4n) is 1.97. The number of nitrogens with two attached hydrogens (primary N) is 1. The van der Waals surface area contributed by atoms with Crippen LogP contribution in [0.4, 0.5) is 0 Å². The first-order chi connectivity index (χ1) is 9.40. The molecule has 4 nitrogen and oxygen atoms in total. The fourth-order valence-corrected chi connectivity index (χ4v) is 4.26. The van der Waals surface area contributed by atoms with Crippen molar-refractivity contribution in [2.24, 2.45) is 5.73 Å². The summed E-state index contributed by atoms with van der Waals surface area (Å²) in [5.74, 6) is 0. The molecule has 1 aromatic carbocycles. The van der Waals surface area contributed by atoms with Crippen molar-refractivity contribution in [2.75, 3.05) is 0 Å². The Morgan fingerprint density at radius 2 is 2.05 bits per heavy atom. The number of rotatable bonds is 8. The fraction of sp³-hybridized carbons (Fsp3) is 0.571. The molecular formula is C14H23BrN2O2S. The maximum Gasteiger partial charge on any atom is 0.241 e. The molecule has 0 saturated heterocycles. The first-order valence-corrected chi connectivity index (χ1v) is 9.19. The minimum absolute atomic E-state index is 0.0695. The van der Waals surface area contributed by atoms with Crippen LogP contribution in [0.1, 0.15) is 45.1 Å². The van der Waals surface area contributed by atoms with Gasteiger partial charge in [-0.05, 0) is 47.0 Å². The lowest BCUT2D eigenvalue weighted by molar-refractivity contribution is 0.527. The molecule has 1 unspecified atom stereocenters. The smallest absolute Gasteiger partial charge is 0.241 e. The van der Waals surface area contributed by atoms with Crippen LogP contribution >= 0.6 is 15.9 Å². The van der Waals surface area contributed by atoms with Gasteiger partial charge >= 0.3 is 0 Å². The van der Waals surface area contributed by atoms with Crippen molar-refractivity contribution in [1.29, 1.82) is 0 Å². The molecule has 0 aliphatic rings. The molecule has 0 fully saturated rings. The summed E-state index contributed by atoms with van der Waals surface area (Å²) >= 11 is 3.29. The van der Waals surface area contributed by atoms with Gasteiger partial charge in [-0.15, -0.1) is 0 Å². The Hall–Kier alpha value is -0.430.